The molecule has 0 saturated carbocycles. The van der Waals surface area contributed by atoms with Crippen LogP contribution in [0.1, 0.15) is 6.92 Å². The van der Waals surface area contributed by atoms with E-state index in [2.05, 4.69) is 36.5 Å². The lowest BCUT2D eigenvalue weighted by atomic mass is 10.3. The molecule has 0 amide bonds. The molecule has 1 heterocycles. The second kappa shape index (κ2) is 6.38. The molecule has 1 aromatic carbocycles. The maximum absolute atomic E-state index is 5.20. The van der Waals surface area contributed by atoms with Crippen LogP contribution in [0.25, 0.3) is 0 Å². The van der Waals surface area contributed by atoms with Crippen LogP contribution in [-0.4, -0.2) is 23.6 Å². The highest BCUT2D eigenvalue weighted by atomic mass is 79.9. The molecule has 1 aromatic heterocycles. The number of benzene rings is 1. The molecule has 6 heteroatoms. The van der Waals surface area contributed by atoms with E-state index < -0.39 is 0 Å². The van der Waals surface area contributed by atoms with Gasteiger partial charge in [0.1, 0.15) is 11.6 Å². The number of rotatable bonds is 5. The lowest BCUT2D eigenvalue weighted by Gasteiger charge is -2.10. The summed E-state index contributed by atoms with van der Waals surface area (Å²) in [4.78, 5) is 8.55. The van der Waals surface area contributed by atoms with Crippen molar-refractivity contribution in [3.05, 3.63) is 35.1 Å². The first kappa shape index (κ1) is 13.6. The zero-order valence-electron chi connectivity index (χ0n) is 10.8. The number of ether oxygens (including phenoxy) is 1. The van der Waals surface area contributed by atoms with E-state index in [1.54, 1.807) is 19.5 Å². The molecule has 0 radical (unpaired) electrons. The van der Waals surface area contributed by atoms with Crippen molar-refractivity contribution in [1.82, 2.24) is 9.97 Å². The van der Waals surface area contributed by atoms with Crippen molar-refractivity contribution < 1.29 is 4.74 Å². The lowest BCUT2D eigenvalue weighted by Crippen LogP contribution is -2.02. The van der Waals surface area contributed by atoms with E-state index in [1.807, 2.05) is 25.1 Å². The second-order valence-corrected chi connectivity index (χ2v) is 4.64. The third-order valence-corrected chi connectivity index (χ3v) is 3.12. The Balaban J connectivity index is 2.22. The topological polar surface area (TPSA) is 59.1 Å². The Morgan fingerprint density at radius 1 is 1.26 bits per heavy atom. The first-order valence-electron chi connectivity index (χ1n) is 5.89. The number of nitrogens with zero attached hydrogens (tertiary/aromatic N) is 2. The van der Waals surface area contributed by atoms with Crippen LogP contribution in [0.2, 0.25) is 0 Å². The third-order valence-electron chi connectivity index (χ3n) is 2.43. The van der Waals surface area contributed by atoms with E-state index in [9.17, 15) is 0 Å². The molecule has 2 aromatic rings. The van der Waals surface area contributed by atoms with E-state index in [4.69, 9.17) is 4.74 Å². The van der Waals surface area contributed by atoms with Crippen LogP contribution >= 0.6 is 15.9 Å². The van der Waals surface area contributed by atoms with Crippen LogP contribution < -0.4 is 15.4 Å². The van der Waals surface area contributed by atoms with Crippen LogP contribution in [0.5, 0.6) is 5.75 Å². The summed E-state index contributed by atoms with van der Waals surface area (Å²) in [5.41, 5.74) is 0.877. The summed E-state index contributed by atoms with van der Waals surface area (Å²) in [5, 5.41) is 6.33. The van der Waals surface area contributed by atoms with Gasteiger partial charge >= 0.3 is 0 Å². The van der Waals surface area contributed by atoms with Crippen LogP contribution in [-0.2, 0) is 0 Å². The normalized spacial score (nSPS) is 10.1. The van der Waals surface area contributed by atoms with Crippen molar-refractivity contribution in [2.75, 3.05) is 24.3 Å². The zero-order chi connectivity index (χ0) is 13.7. The van der Waals surface area contributed by atoms with Gasteiger partial charge in [-0.3, -0.25) is 4.98 Å². The van der Waals surface area contributed by atoms with Gasteiger partial charge in [0, 0.05) is 17.1 Å². The molecular weight excluding hydrogens is 308 g/mol. The number of anilines is 3. The Bertz CT molecular complexity index is 562. The highest BCUT2D eigenvalue weighted by Gasteiger charge is 2.04. The fraction of sp³-hybridized carbons (Fsp3) is 0.231. The standard InChI is InChI=1S/C13H15BrN4O/c1-3-16-12-7-15-8-13(18-12)17-11-6-9(19-2)4-5-10(11)14/h4-8H,3H2,1-2H3,(H2,16,17,18). The Hall–Kier alpha value is -1.82. The van der Waals surface area contributed by atoms with Gasteiger partial charge in [0.25, 0.3) is 0 Å². The van der Waals surface area contributed by atoms with Gasteiger partial charge in [-0.05, 0) is 35.0 Å². The summed E-state index contributed by atoms with van der Waals surface area (Å²) in [5.74, 6) is 2.19. The van der Waals surface area contributed by atoms with Gasteiger partial charge in [0.05, 0.1) is 25.2 Å². The zero-order valence-corrected chi connectivity index (χ0v) is 12.4. The van der Waals surface area contributed by atoms with E-state index in [1.165, 1.54) is 0 Å². The third kappa shape index (κ3) is 3.57. The monoisotopic (exact) mass is 322 g/mol. The first-order valence-corrected chi connectivity index (χ1v) is 6.68. The summed E-state index contributed by atoms with van der Waals surface area (Å²) in [6, 6.07) is 5.70. The molecule has 0 spiro atoms. The highest BCUT2D eigenvalue weighted by Crippen LogP contribution is 2.29. The van der Waals surface area contributed by atoms with Crippen LogP contribution in [0.4, 0.5) is 17.3 Å². The summed E-state index contributed by atoms with van der Waals surface area (Å²) in [6.07, 6.45) is 3.36. The number of halogens is 1. The molecule has 100 valence electrons. The number of methoxy groups -OCH3 is 1. The SMILES string of the molecule is CCNc1cncc(Nc2cc(OC)ccc2Br)n1. The maximum Gasteiger partial charge on any atom is 0.151 e. The molecule has 0 atom stereocenters. The fourth-order valence-corrected chi connectivity index (χ4v) is 1.90. The quantitative estimate of drug-likeness (QED) is 0.883. The van der Waals surface area contributed by atoms with Crippen molar-refractivity contribution in [3.63, 3.8) is 0 Å². The van der Waals surface area contributed by atoms with E-state index in [0.29, 0.717) is 5.82 Å². The van der Waals surface area contributed by atoms with Crippen LogP contribution in [0, 0.1) is 0 Å². The van der Waals surface area contributed by atoms with Crippen molar-refractivity contribution in [3.8, 4) is 5.75 Å². The van der Waals surface area contributed by atoms with Crippen molar-refractivity contribution in [2.24, 2.45) is 0 Å². The van der Waals surface area contributed by atoms with Crippen molar-refractivity contribution in [2.45, 2.75) is 6.92 Å². The molecular formula is C13H15BrN4O. The lowest BCUT2D eigenvalue weighted by molar-refractivity contribution is 0.415. The first-order chi connectivity index (χ1) is 9.22. The number of nitrogens with one attached hydrogen (secondary N) is 2. The molecule has 0 aliphatic carbocycles. The number of hydrogen-bond acceptors (Lipinski definition) is 5. The number of hydrogen-bond donors (Lipinski definition) is 2. The molecule has 0 unspecified atom stereocenters. The van der Waals surface area contributed by atoms with Gasteiger partial charge in [0.15, 0.2) is 5.82 Å². The highest BCUT2D eigenvalue weighted by molar-refractivity contribution is 9.10. The largest absolute Gasteiger partial charge is 0.497 e. The smallest absolute Gasteiger partial charge is 0.151 e. The van der Waals surface area contributed by atoms with Gasteiger partial charge in [0.2, 0.25) is 0 Å². The second-order valence-electron chi connectivity index (χ2n) is 3.79. The summed E-state index contributed by atoms with van der Waals surface area (Å²) in [6.45, 7) is 2.82. The van der Waals surface area contributed by atoms with Gasteiger partial charge in [-0.15, -0.1) is 0 Å². The molecule has 0 fully saturated rings. The van der Waals surface area contributed by atoms with E-state index in [0.717, 1.165) is 28.3 Å². The molecule has 0 bridgehead atoms. The molecule has 2 rings (SSSR count). The Kier molecular flexibility index (Phi) is 4.57. The Morgan fingerprint density at radius 2 is 2.05 bits per heavy atom. The molecule has 0 saturated heterocycles. The summed E-state index contributed by atoms with van der Waals surface area (Å²) in [7, 11) is 1.64. The average Bonchev–Trinajstić information content (AvgIpc) is 2.42. The average molecular weight is 323 g/mol. The molecule has 2 N–H and O–H groups in total. The van der Waals surface area contributed by atoms with Crippen LogP contribution in [0.3, 0.4) is 0 Å². The maximum atomic E-state index is 5.20. The fourth-order valence-electron chi connectivity index (χ4n) is 1.56. The molecule has 19 heavy (non-hydrogen) atoms. The minimum atomic E-state index is 0.674. The van der Waals surface area contributed by atoms with E-state index >= 15 is 0 Å². The van der Waals surface area contributed by atoms with Crippen molar-refractivity contribution >= 4 is 33.3 Å². The molecule has 0 aliphatic heterocycles. The Labute approximate surface area is 120 Å². The van der Waals surface area contributed by atoms with Gasteiger partial charge in [-0.1, -0.05) is 0 Å². The molecule has 5 nitrogen and oxygen atoms in total. The number of aromatic nitrogens is 2. The molecule has 0 aliphatic rings. The predicted molar refractivity (Wildman–Crippen MR) is 80.2 cm³/mol. The van der Waals surface area contributed by atoms with Crippen LogP contribution in [0.15, 0.2) is 35.1 Å². The van der Waals surface area contributed by atoms with Crippen molar-refractivity contribution in [1.29, 1.82) is 0 Å². The van der Waals surface area contributed by atoms with Gasteiger partial charge < -0.3 is 15.4 Å². The summed E-state index contributed by atoms with van der Waals surface area (Å²) >= 11 is 3.48. The minimum Gasteiger partial charge on any atom is -0.497 e. The van der Waals surface area contributed by atoms with Gasteiger partial charge in [-0.25, -0.2) is 4.98 Å². The minimum absolute atomic E-state index is 0.674. The van der Waals surface area contributed by atoms with E-state index in [-0.39, 0.29) is 0 Å². The Morgan fingerprint density at radius 3 is 2.79 bits per heavy atom. The summed E-state index contributed by atoms with van der Waals surface area (Å²) < 4.78 is 6.13. The predicted octanol–water partition coefficient (Wildman–Crippen LogP) is 3.42. The van der Waals surface area contributed by atoms with Gasteiger partial charge in [-0.2, -0.15) is 0 Å².